The van der Waals surface area contributed by atoms with Gasteiger partial charge < -0.3 is 9.88 Å². The third kappa shape index (κ3) is 3.82. The molecule has 1 aliphatic rings. The predicted octanol–water partition coefficient (Wildman–Crippen LogP) is 7.93. The lowest BCUT2D eigenvalue weighted by Gasteiger charge is -2.11. The van der Waals surface area contributed by atoms with Crippen molar-refractivity contribution in [3.8, 4) is 22.4 Å². The highest BCUT2D eigenvalue weighted by molar-refractivity contribution is 6.34. The number of rotatable bonds is 4. The normalized spacial score (nSPS) is 13.1. The number of carbonyl (C=O) groups excluding carboxylic acids is 1. The number of para-hydroxylation sites is 1. The molecule has 1 aliphatic heterocycles. The van der Waals surface area contributed by atoms with Crippen LogP contribution in [0.2, 0.25) is 5.02 Å². The molecule has 4 nitrogen and oxygen atoms in total. The molecule has 5 aromatic rings. The lowest BCUT2D eigenvalue weighted by Crippen LogP contribution is -2.15. The molecule has 0 fully saturated rings. The smallest absolute Gasteiger partial charge is 0.273 e. The van der Waals surface area contributed by atoms with Crippen molar-refractivity contribution in [2.45, 2.75) is 39.7 Å². The molecular weight excluding hydrogens is 466 g/mol. The first-order chi connectivity index (χ1) is 17.5. The first-order valence-corrected chi connectivity index (χ1v) is 12.9. The van der Waals surface area contributed by atoms with Gasteiger partial charge in [0.2, 0.25) is 0 Å². The number of aryl methyl sites for hydroxylation is 4. The Balaban J connectivity index is 1.62. The Bertz CT molecular complexity index is 1590. The zero-order valence-electron chi connectivity index (χ0n) is 20.5. The second kappa shape index (κ2) is 9.03. The van der Waals surface area contributed by atoms with Crippen molar-refractivity contribution in [2.75, 3.05) is 5.32 Å². The number of halogens is 1. The summed E-state index contributed by atoms with van der Waals surface area (Å²) in [6.07, 6.45) is 5.25. The third-order valence-electron chi connectivity index (χ3n) is 7.16. The molecule has 3 heterocycles. The van der Waals surface area contributed by atoms with Gasteiger partial charge in [0.1, 0.15) is 11.3 Å². The standard InChI is InChI=1S/C31H28ClN3O/c1-20-10-14-22(15-11-20)27-19-35-29(30(36)33-26-9-4-3-8-25(26)32)28(23-16-12-21(2)13-17-23)24-7-5-6-18-34(27)31(24)35/h3-4,8-17,19H,5-7,18H2,1-2H3,(H,33,36). The number of amides is 1. The summed E-state index contributed by atoms with van der Waals surface area (Å²) in [7, 11) is 0. The molecule has 1 N–H and O–H groups in total. The van der Waals surface area contributed by atoms with Gasteiger partial charge in [0, 0.05) is 23.9 Å². The quantitative estimate of drug-likeness (QED) is 0.271. The van der Waals surface area contributed by atoms with Crippen LogP contribution in [0.5, 0.6) is 0 Å². The van der Waals surface area contributed by atoms with Crippen LogP contribution in [0.25, 0.3) is 28.0 Å². The van der Waals surface area contributed by atoms with E-state index in [0.717, 1.165) is 53.8 Å². The highest BCUT2D eigenvalue weighted by Gasteiger charge is 2.29. The van der Waals surface area contributed by atoms with Gasteiger partial charge in [-0.1, -0.05) is 83.4 Å². The molecule has 2 aromatic heterocycles. The summed E-state index contributed by atoms with van der Waals surface area (Å²) in [6.45, 7) is 5.11. The minimum atomic E-state index is -0.159. The van der Waals surface area contributed by atoms with E-state index in [1.165, 1.54) is 16.7 Å². The predicted molar refractivity (Wildman–Crippen MR) is 148 cm³/mol. The number of hydrogen-bond donors (Lipinski definition) is 1. The molecule has 6 rings (SSSR count). The molecule has 0 saturated carbocycles. The molecule has 1 amide bonds. The van der Waals surface area contributed by atoms with Crippen molar-refractivity contribution in [3.63, 3.8) is 0 Å². The van der Waals surface area contributed by atoms with Crippen LogP contribution < -0.4 is 5.32 Å². The number of nitrogens with one attached hydrogen (secondary N) is 1. The third-order valence-corrected chi connectivity index (χ3v) is 7.49. The minimum absolute atomic E-state index is 0.159. The monoisotopic (exact) mass is 493 g/mol. The molecule has 0 saturated heterocycles. The molecule has 36 heavy (non-hydrogen) atoms. The van der Waals surface area contributed by atoms with E-state index in [4.69, 9.17) is 11.6 Å². The van der Waals surface area contributed by atoms with Crippen molar-refractivity contribution in [1.82, 2.24) is 8.97 Å². The van der Waals surface area contributed by atoms with E-state index < -0.39 is 0 Å². The molecule has 180 valence electrons. The van der Waals surface area contributed by atoms with Crippen molar-refractivity contribution < 1.29 is 4.79 Å². The molecule has 0 bridgehead atoms. The maximum absolute atomic E-state index is 14.0. The van der Waals surface area contributed by atoms with E-state index in [1.54, 1.807) is 6.07 Å². The minimum Gasteiger partial charge on any atom is -0.325 e. The van der Waals surface area contributed by atoms with Crippen LogP contribution in [0.4, 0.5) is 5.69 Å². The average Bonchev–Trinajstić information content (AvgIpc) is 3.29. The maximum Gasteiger partial charge on any atom is 0.273 e. The molecule has 0 spiro atoms. The Morgan fingerprint density at radius 1 is 0.861 bits per heavy atom. The zero-order valence-corrected chi connectivity index (χ0v) is 21.3. The van der Waals surface area contributed by atoms with E-state index in [-0.39, 0.29) is 5.91 Å². The number of carbonyl (C=O) groups is 1. The van der Waals surface area contributed by atoms with Crippen LogP contribution in [-0.4, -0.2) is 14.9 Å². The fourth-order valence-electron chi connectivity index (χ4n) is 5.34. The summed E-state index contributed by atoms with van der Waals surface area (Å²) in [4.78, 5) is 14.0. The first kappa shape index (κ1) is 22.7. The van der Waals surface area contributed by atoms with Gasteiger partial charge in [-0.3, -0.25) is 9.20 Å². The van der Waals surface area contributed by atoms with Crippen LogP contribution >= 0.6 is 11.6 Å². The van der Waals surface area contributed by atoms with Gasteiger partial charge in [-0.15, -0.1) is 0 Å². The fraction of sp³-hybridized carbons (Fsp3) is 0.194. The highest BCUT2D eigenvalue weighted by Crippen LogP contribution is 2.40. The van der Waals surface area contributed by atoms with Gasteiger partial charge in [0.05, 0.1) is 16.4 Å². The molecular formula is C31H28ClN3O. The van der Waals surface area contributed by atoms with Crippen LogP contribution in [0.1, 0.15) is 40.0 Å². The van der Waals surface area contributed by atoms with Gasteiger partial charge in [-0.05, 0) is 56.4 Å². The number of nitrogens with zero attached hydrogens (tertiary/aromatic N) is 2. The Hall–Kier alpha value is -3.76. The van der Waals surface area contributed by atoms with Gasteiger partial charge >= 0.3 is 0 Å². The molecule has 0 aliphatic carbocycles. The number of aromatic nitrogens is 2. The summed E-state index contributed by atoms with van der Waals surface area (Å²) in [6, 6.07) is 24.5. The van der Waals surface area contributed by atoms with Crippen molar-refractivity contribution in [3.05, 3.63) is 106 Å². The van der Waals surface area contributed by atoms with Gasteiger partial charge in [0.15, 0.2) is 0 Å². The number of benzene rings is 3. The summed E-state index contributed by atoms with van der Waals surface area (Å²) >= 11 is 6.41. The van der Waals surface area contributed by atoms with Gasteiger partial charge in [-0.2, -0.15) is 0 Å². The SMILES string of the molecule is Cc1ccc(-c2c3c4n(c(-c5ccc(C)cc5)cn4c2C(=O)Nc2ccccc2Cl)CCCC3)cc1. The average molecular weight is 494 g/mol. The number of imidazole rings is 1. The Kier molecular flexibility index (Phi) is 5.69. The first-order valence-electron chi connectivity index (χ1n) is 12.5. The fourth-order valence-corrected chi connectivity index (χ4v) is 5.52. The topological polar surface area (TPSA) is 38.4 Å². The summed E-state index contributed by atoms with van der Waals surface area (Å²) in [5.41, 5.74) is 10.4. The van der Waals surface area contributed by atoms with Crippen LogP contribution in [0, 0.1) is 13.8 Å². The number of anilines is 1. The summed E-state index contributed by atoms with van der Waals surface area (Å²) in [5, 5.41) is 3.61. The zero-order chi connectivity index (χ0) is 24.8. The van der Waals surface area contributed by atoms with E-state index in [9.17, 15) is 4.79 Å². The van der Waals surface area contributed by atoms with Crippen molar-refractivity contribution in [1.29, 1.82) is 0 Å². The summed E-state index contributed by atoms with van der Waals surface area (Å²) in [5.74, 6) is -0.159. The lowest BCUT2D eigenvalue weighted by molar-refractivity contribution is 0.102. The molecule has 0 atom stereocenters. The molecule has 0 radical (unpaired) electrons. The molecule has 3 aromatic carbocycles. The second-order valence-corrected chi connectivity index (χ2v) is 10.1. The Morgan fingerprint density at radius 3 is 2.22 bits per heavy atom. The van der Waals surface area contributed by atoms with Crippen LogP contribution in [0.3, 0.4) is 0 Å². The highest BCUT2D eigenvalue weighted by atomic mass is 35.5. The number of hydrogen-bond acceptors (Lipinski definition) is 1. The molecule has 5 heteroatoms. The maximum atomic E-state index is 14.0. The van der Waals surface area contributed by atoms with Crippen LogP contribution in [0.15, 0.2) is 79.0 Å². The summed E-state index contributed by atoms with van der Waals surface area (Å²) < 4.78 is 4.51. The second-order valence-electron chi connectivity index (χ2n) is 9.68. The van der Waals surface area contributed by atoms with E-state index >= 15 is 0 Å². The Morgan fingerprint density at radius 2 is 1.53 bits per heavy atom. The van der Waals surface area contributed by atoms with Gasteiger partial charge in [-0.25, -0.2) is 0 Å². The van der Waals surface area contributed by atoms with Crippen molar-refractivity contribution >= 4 is 28.8 Å². The largest absolute Gasteiger partial charge is 0.325 e. The van der Waals surface area contributed by atoms with Gasteiger partial charge in [0.25, 0.3) is 5.91 Å². The Labute approximate surface area is 216 Å². The van der Waals surface area contributed by atoms with E-state index in [0.29, 0.717) is 16.4 Å². The van der Waals surface area contributed by atoms with Crippen LogP contribution in [-0.2, 0) is 13.0 Å². The van der Waals surface area contributed by atoms with E-state index in [1.807, 2.05) is 18.2 Å². The lowest BCUT2D eigenvalue weighted by atomic mass is 9.97. The molecule has 0 unspecified atom stereocenters. The van der Waals surface area contributed by atoms with E-state index in [2.05, 4.69) is 82.9 Å². The van der Waals surface area contributed by atoms with Crippen molar-refractivity contribution in [2.24, 2.45) is 0 Å².